The second kappa shape index (κ2) is 10.0. The van der Waals surface area contributed by atoms with Gasteiger partial charge >= 0.3 is 5.97 Å². The van der Waals surface area contributed by atoms with Gasteiger partial charge in [-0.2, -0.15) is 0 Å². The minimum atomic E-state index is -1.21. The number of nitrogens with one attached hydrogen (secondary N) is 1. The smallest absolute Gasteiger partial charge is 0.332 e. The van der Waals surface area contributed by atoms with E-state index in [1.807, 2.05) is 24.3 Å². The number of amides is 2. The fourth-order valence-corrected chi connectivity index (χ4v) is 5.56. The summed E-state index contributed by atoms with van der Waals surface area (Å²) in [5.74, 6) is -1.08. The predicted molar refractivity (Wildman–Crippen MR) is 153 cm³/mol. The molecule has 1 N–H and O–H groups in total. The van der Waals surface area contributed by atoms with E-state index in [2.05, 4.69) is 39.5 Å². The molecule has 196 valence electrons. The number of fused-ring (bicyclic) bond motifs is 1. The summed E-state index contributed by atoms with van der Waals surface area (Å²) in [6.07, 6.45) is 4.10. The molecule has 2 aliphatic rings. The van der Waals surface area contributed by atoms with Crippen molar-refractivity contribution in [2.45, 2.75) is 37.3 Å². The van der Waals surface area contributed by atoms with Gasteiger partial charge < -0.3 is 10.1 Å². The number of esters is 1. The Morgan fingerprint density at radius 2 is 1.84 bits per heavy atom. The van der Waals surface area contributed by atoms with Gasteiger partial charge in [-0.15, -0.1) is 0 Å². The molecule has 2 amide bonds. The maximum Gasteiger partial charge on any atom is 0.332 e. The molecule has 1 saturated carbocycles. The quantitative estimate of drug-likeness (QED) is 0.197. The third-order valence-corrected chi connectivity index (χ3v) is 7.88. The Kier molecular flexibility index (Phi) is 7.04. The van der Waals surface area contributed by atoms with Gasteiger partial charge in [0.15, 0.2) is 0 Å². The van der Waals surface area contributed by atoms with E-state index in [4.69, 9.17) is 27.9 Å². The van der Waals surface area contributed by atoms with Gasteiger partial charge in [0.05, 0.1) is 11.9 Å². The molecule has 0 spiro atoms. The summed E-state index contributed by atoms with van der Waals surface area (Å²) in [6.45, 7) is 5.38. The zero-order valence-electron chi connectivity index (χ0n) is 20.3. The molecular weight excluding hydrogens is 642 g/mol. The molecule has 0 saturated heterocycles. The van der Waals surface area contributed by atoms with Crippen LogP contribution >= 0.6 is 45.8 Å². The van der Waals surface area contributed by atoms with Crippen LogP contribution in [0.4, 0.5) is 11.6 Å². The van der Waals surface area contributed by atoms with Gasteiger partial charge in [-0.05, 0) is 78.3 Å². The first-order valence-corrected chi connectivity index (χ1v) is 13.7. The van der Waals surface area contributed by atoms with Crippen LogP contribution in [0.3, 0.4) is 0 Å². The Bertz CT molecular complexity index is 1450. The average Bonchev–Trinajstić information content (AvgIpc) is 3.45. The lowest BCUT2D eigenvalue weighted by atomic mass is 9.91. The predicted octanol–water partition coefficient (Wildman–Crippen LogP) is 5.42. The number of halogens is 3. The van der Waals surface area contributed by atoms with Crippen molar-refractivity contribution in [3.05, 3.63) is 86.2 Å². The Morgan fingerprint density at radius 1 is 1.18 bits per heavy atom. The van der Waals surface area contributed by atoms with Crippen molar-refractivity contribution >= 4 is 75.2 Å². The Hall–Kier alpha value is -2.89. The van der Waals surface area contributed by atoms with E-state index in [9.17, 15) is 14.4 Å². The number of imidazole rings is 1. The Labute approximate surface area is 243 Å². The first kappa shape index (κ1) is 26.7. The van der Waals surface area contributed by atoms with E-state index in [0.717, 1.165) is 9.13 Å². The molecule has 2 heterocycles. The van der Waals surface area contributed by atoms with Gasteiger partial charge in [-0.1, -0.05) is 48.0 Å². The first-order chi connectivity index (χ1) is 18.1. The minimum absolute atomic E-state index is 0.0538. The van der Waals surface area contributed by atoms with Crippen molar-refractivity contribution in [2.75, 3.05) is 11.5 Å². The molecule has 1 aromatic heterocycles. The van der Waals surface area contributed by atoms with E-state index in [1.54, 1.807) is 29.7 Å². The van der Waals surface area contributed by atoms with Crippen molar-refractivity contribution in [3.63, 3.8) is 0 Å². The maximum atomic E-state index is 14.1. The summed E-state index contributed by atoms with van der Waals surface area (Å²) >= 11 is 14.7. The molecule has 11 heteroatoms. The normalized spacial score (nSPS) is 19.2. The molecule has 1 aliphatic heterocycles. The maximum absolute atomic E-state index is 14.1. The van der Waals surface area contributed by atoms with Crippen LogP contribution in [0.2, 0.25) is 10.0 Å². The second-order valence-corrected chi connectivity index (χ2v) is 11.7. The fraction of sp³-hybridized carbons (Fsp3) is 0.259. The molecule has 2 aromatic carbocycles. The highest BCUT2D eigenvalue weighted by atomic mass is 127. The van der Waals surface area contributed by atoms with Gasteiger partial charge in [0, 0.05) is 20.0 Å². The zero-order chi connectivity index (χ0) is 27.2. The SMILES string of the molecule is C=CCOC(=O)C1(NC(=O)c2cnc3n2C(C)(Cc2ccc(I)cc2)C(=O)N3c2cc(Cl)cc(Cl)c2)CC1. The largest absolute Gasteiger partial charge is 0.460 e. The second-order valence-electron chi connectivity index (χ2n) is 9.55. The van der Waals surface area contributed by atoms with Crippen LogP contribution < -0.4 is 10.2 Å². The van der Waals surface area contributed by atoms with E-state index < -0.39 is 23.0 Å². The lowest BCUT2D eigenvalue weighted by molar-refractivity contribution is -0.145. The lowest BCUT2D eigenvalue weighted by Gasteiger charge is -2.27. The molecule has 1 atom stereocenters. The number of rotatable bonds is 8. The van der Waals surface area contributed by atoms with Gasteiger partial charge in [0.1, 0.15) is 23.4 Å². The van der Waals surface area contributed by atoms with Crippen LogP contribution in [0.5, 0.6) is 0 Å². The number of nitrogens with zero attached hydrogens (tertiary/aromatic N) is 3. The van der Waals surface area contributed by atoms with Crippen molar-refractivity contribution in [2.24, 2.45) is 0 Å². The number of hydrogen-bond acceptors (Lipinski definition) is 5. The molecular formula is C27H23Cl2IN4O4. The molecule has 0 bridgehead atoms. The average molecular weight is 665 g/mol. The van der Waals surface area contributed by atoms with Gasteiger partial charge in [0.2, 0.25) is 5.95 Å². The first-order valence-electron chi connectivity index (χ1n) is 11.8. The highest BCUT2D eigenvalue weighted by Gasteiger charge is 2.55. The Morgan fingerprint density at radius 3 is 2.45 bits per heavy atom. The fourth-order valence-electron chi connectivity index (χ4n) is 4.69. The molecule has 3 aromatic rings. The molecule has 38 heavy (non-hydrogen) atoms. The molecule has 1 fully saturated rings. The number of hydrogen-bond donors (Lipinski definition) is 1. The van der Waals surface area contributed by atoms with Crippen LogP contribution in [0.1, 0.15) is 35.8 Å². The lowest BCUT2D eigenvalue weighted by Crippen LogP contribution is -2.47. The van der Waals surface area contributed by atoms with Crippen LogP contribution in [-0.4, -0.2) is 39.5 Å². The number of carbonyl (C=O) groups is 3. The standard InChI is InChI=1S/C27H23Cl2IN4O4/c1-3-10-38-24(37)27(8-9-27)32-22(35)21-15-31-25-33(20-12-17(28)11-18(29)13-20)23(36)26(2,34(21)25)14-16-4-6-19(30)7-5-16/h3-7,11-13,15H,1,8-10,14H2,2H3,(H,32,35). The van der Waals surface area contributed by atoms with Crippen molar-refractivity contribution in [1.29, 1.82) is 0 Å². The monoisotopic (exact) mass is 664 g/mol. The highest BCUT2D eigenvalue weighted by molar-refractivity contribution is 14.1. The van der Waals surface area contributed by atoms with E-state index in [0.29, 0.717) is 35.0 Å². The minimum Gasteiger partial charge on any atom is -0.460 e. The number of benzene rings is 2. The van der Waals surface area contributed by atoms with Crippen molar-refractivity contribution in [3.8, 4) is 0 Å². The van der Waals surface area contributed by atoms with Crippen molar-refractivity contribution in [1.82, 2.24) is 14.9 Å². The molecule has 1 aliphatic carbocycles. The molecule has 5 rings (SSSR count). The third kappa shape index (κ3) is 4.71. The molecule has 8 nitrogen and oxygen atoms in total. The summed E-state index contributed by atoms with van der Waals surface area (Å²) in [5.41, 5.74) is -0.811. The summed E-state index contributed by atoms with van der Waals surface area (Å²) in [6, 6.07) is 12.6. The summed E-state index contributed by atoms with van der Waals surface area (Å²) in [5, 5.41) is 3.54. The molecule has 1 unspecified atom stereocenters. The van der Waals surface area contributed by atoms with Crippen LogP contribution in [0, 0.1) is 3.57 Å². The van der Waals surface area contributed by atoms with Crippen molar-refractivity contribution < 1.29 is 19.1 Å². The van der Waals surface area contributed by atoms with Gasteiger partial charge in [-0.25, -0.2) is 14.7 Å². The number of ether oxygens (including phenoxy) is 1. The number of aromatic nitrogens is 2. The van der Waals surface area contributed by atoms with E-state index >= 15 is 0 Å². The van der Waals surface area contributed by atoms with Crippen LogP contribution in [0.25, 0.3) is 0 Å². The summed E-state index contributed by atoms with van der Waals surface area (Å²) < 4.78 is 7.88. The summed E-state index contributed by atoms with van der Waals surface area (Å²) in [7, 11) is 0. The van der Waals surface area contributed by atoms with Crippen LogP contribution in [-0.2, 0) is 26.3 Å². The summed E-state index contributed by atoms with van der Waals surface area (Å²) in [4.78, 5) is 46.1. The zero-order valence-corrected chi connectivity index (χ0v) is 24.0. The van der Waals surface area contributed by atoms with E-state index in [-0.39, 0.29) is 24.2 Å². The van der Waals surface area contributed by atoms with Gasteiger partial charge in [-0.3, -0.25) is 14.2 Å². The number of anilines is 2. The number of carbonyl (C=O) groups excluding carboxylic acids is 3. The molecule has 0 radical (unpaired) electrons. The Balaban J connectivity index is 1.57. The van der Waals surface area contributed by atoms with E-state index in [1.165, 1.54) is 17.2 Å². The third-order valence-electron chi connectivity index (χ3n) is 6.73. The van der Waals surface area contributed by atoms with Gasteiger partial charge in [0.25, 0.3) is 11.8 Å². The topological polar surface area (TPSA) is 93.5 Å². The van der Waals surface area contributed by atoms with Crippen LogP contribution in [0.15, 0.2) is 61.3 Å². The highest BCUT2D eigenvalue weighted by Crippen LogP contribution is 2.44.